The number of nitrogens with zero attached hydrogens (tertiary/aromatic N) is 1. The summed E-state index contributed by atoms with van der Waals surface area (Å²) in [5.74, 6) is 0.829. The average molecular weight is 235 g/mol. The number of benzene rings is 2. The molecule has 1 aliphatic heterocycles. The van der Waals surface area contributed by atoms with Crippen molar-refractivity contribution in [3.8, 4) is 0 Å². The minimum absolute atomic E-state index is 0.519. The number of rotatable bonds is 2. The van der Waals surface area contributed by atoms with Gasteiger partial charge in [0.1, 0.15) is 12.4 Å². The zero-order valence-electron chi connectivity index (χ0n) is 9.91. The highest BCUT2D eigenvalue weighted by Gasteiger charge is 2.11. The number of aliphatic imine (C=N–C) groups is 1. The fourth-order valence-electron chi connectivity index (χ4n) is 1.91. The van der Waals surface area contributed by atoms with Crippen molar-refractivity contribution in [1.29, 1.82) is 0 Å². The van der Waals surface area contributed by atoms with Gasteiger partial charge in [-0.2, -0.15) is 0 Å². The molecule has 0 amide bonds. The summed E-state index contributed by atoms with van der Waals surface area (Å²) in [6.45, 7) is 0.519. The lowest BCUT2D eigenvalue weighted by molar-refractivity contribution is 0.328. The summed E-state index contributed by atoms with van der Waals surface area (Å²) in [5.41, 5.74) is 3.14. The largest absolute Gasteiger partial charge is 0.485 e. The Morgan fingerprint density at radius 3 is 1.94 bits per heavy atom. The van der Waals surface area contributed by atoms with Gasteiger partial charge in [-0.05, 0) is 5.56 Å². The summed E-state index contributed by atoms with van der Waals surface area (Å²) < 4.78 is 5.76. The van der Waals surface area contributed by atoms with Gasteiger partial charge in [-0.15, -0.1) is 0 Å². The molecule has 0 unspecified atom stereocenters. The lowest BCUT2D eigenvalue weighted by Crippen LogP contribution is -2.13. The van der Waals surface area contributed by atoms with Crippen LogP contribution in [0.4, 0.5) is 0 Å². The van der Waals surface area contributed by atoms with Crippen molar-refractivity contribution in [2.75, 3.05) is 6.61 Å². The molecule has 0 aromatic heterocycles. The van der Waals surface area contributed by atoms with E-state index < -0.39 is 0 Å². The summed E-state index contributed by atoms with van der Waals surface area (Å²) >= 11 is 0. The number of hydrogen-bond donors (Lipinski definition) is 0. The molecule has 18 heavy (non-hydrogen) atoms. The molecule has 88 valence electrons. The molecule has 3 rings (SSSR count). The normalized spacial score (nSPS) is 14.4. The van der Waals surface area contributed by atoms with Crippen molar-refractivity contribution in [1.82, 2.24) is 0 Å². The molecule has 1 aliphatic rings. The fourth-order valence-corrected chi connectivity index (χ4v) is 1.91. The van der Waals surface area contributed by atoms with Crippen molar-refractivity contribution in [3.63, 3.8) is 0 Å². The van der Waals surface area contributed by atoms with E-state index in [1.165, 1.54) is 0 Å². The van der Waals surface area contributed by atoms with Crippen LogP contribution >= 0.6 is 0 Å². The van der Waals surface area contributed by atoms with Gasteiger partial charge in [0.15, 0.2) is 0 Å². The van der Waals surface area contributed by atoms with Gasteiger partial charge in [0, 0.05) is 5.56 Å². The first-order valence-corrected chi connectivity index (χ1v) is 5.94. The van der Waals surface area contributed by atoms with Gasteiger partial charge in [0.05, 0.1) is 11.9 Å². The topological polar surface area (TPSA) is 21.6 Å². The maximum absolute atomic E-state index is 5.76. The monoisotopic (exact) mass is 235 g/mol. The summed E-state index contributed by atoms with van der Waals surface area (Å²) in [6.07, 6.45) is 1.79. The van der Waals surface area contributed by atoms with Crippen molar-refractivity contribution in [3.05, 3.63) is 78.0 Å². The van der Waals surface area contributed by atoms with E-state index in [9.17, 15) is 0 Å². The van der Waals surface area contributed by atoms with E-state index in [4.69, 9.17) is 4.74 Å². The van der Waals surface area contributed by atoms with Crippen LogP contribution in [-0.2, 0) is 4.74 Å². The molecule has 0 fully saturated rings. The fraction of sp³-hybridized carbons (Fsp3) is 0.0625. The molecule has 0 bridgehead atoms. The Hall–Kier alpha value is -2.35. The molecule has 0 atom stereocenters. The van der Waals surface area contributed by atoms with E-state index in [1.807, 2.05) is 60.7 Å². The van der Waals surface area contributed by atoms with Crippen LogP contribution in [0, 0.1) is 0 Å². The predicted molar refractivity (Wildman–Crippen MR) is 73.4 cm³/mol. The van der Waals surface area contributed by atoms with Crippen molar-refractivity contribution < 1.29 is 4.74 Å². The third-order valence-electron chi connectivity index (χ3n) is 2.87. The minimum atomic E-state index is 0.519. The molecule has 2 heteroatoms. The number of hydrogen-bond acceptors (Lipinski definition) is 2. The lowest BCUT2D eigenvalue weighted by atomic mass is 10.1. The van der Waals surface area contributed by atoms with Crippen LogP contribution in [0.2, 0.25) is 0 Å². The van der Waals surface area contributed by atoms with Crippen molar-refractivity contribution in [2.45, 2.75) is 0 Å². The second-order valence-electron chi connectivity index (χ2n) is 4.09. The van der Waals surface area contributed by atoms with Crippen LogP contribution in [0.1, 0.15) is 11.1 Å². The maximum Gasteiger partial charge on any atom is 0.145 e. The first kappa shape index (κ1) is 10.8. The summed E-state index contributed by atoms with van der Waals surface area (Å²) in [4.78, 5) is 4.49. The van der Waals surface area contributed by atoms with Gasteiger partial charge in [-0.25, -0.2) is 0 Å². The van der Waals surface area contributed by atoms with Gasteiger partial charge in [0.2, 0.25) is 0 Å². The molecule has 2 aromatic rings. The standard InChI is InChI=1S/C16H13NO/c1-3-7-13(8-4-1)15-12-18-16(11-17-15)14-9-5-2-6-10-14/h1-11H,12H2. The first-order valence-electron chi connectivity index (χ1n) is 5.94. The molecular weight excluding hydrogens is 222 g/mol. The van der Waals surface area contributed by atoms with E-state index in [0.717, 1.165) is 22.6 Å². The quantitative estimate of drug-likeness (QED) is 0.780. The van der Waals surface area contributed by atoms with Crippen LogP contribution < -0.4 is 0 Å². The average Bonchev–Trinajstić information content (AvgIpc) is 2.49. The summed E-state index contributed by atoms with van der Waals surface area (Å²) in [5, 5.41) is 0. The van der Waals surface area contributed by atoms with Gasteiger partial charge in [-0.3, -0.25) is 4.99 Å². The molecule has 2 aromatic carbocycles. The SMILES string of the molecule is C1=C(c2ccccc2)OCC(c2ccccc2)=N1. The Bertz CT molecular complexity index is 530. The Morgan fingerprint density at radius 1 is 0.778 bits per heavy atom. The highest BCUT2D eigenvalue weighted by atomic mass is 16.5. The Kier molecular flexibility index (Phi) is 2.92. The van der Waals surface area contributed by atoms with Crippen molar-refractivity contribution in [2.24, 2.45) is 4.99 Å². The zero-order chi connectivity index (χ0) is 12.2. The number of ether oxygens (including phenoxy) is 1. The molecule has 2 nitrogen and oxygen atoms in total. The van der Waals surface area contributed by atoms with E-state index in [1.54, 1.807) is 6.20 Å². The van der Waals surface area contributed by atoms with E-state index in [2.05, 4.69) is 4.99 Å². The Balaban J connectivity index is 1.88. The van der Waals surface area contributed by atoms with Gasteiger partial charge >= 0.3 is 0 Å². The van der Waals surface area contributed by atoms with Crippen molar-refractivity contribution >= 4 is 11.5 Å². The molecule has 0 radical (unpaired) electrons. The second kappa shape index (κ2) is 4.88. The summed E-state index contributed by atoms with van der Waals surface area (Å²) in [7, 11) is 0. The minimum Gasteiger partial charge on any atom is -0.485 e. The van der Waals surface area contributed by atoms with Gasteiger partial charge in [0.25, 0.3) is 0 Å². The van der Waals surface area contributed by atoms with Gasteiger partial charge in [-0.1, -0.05) is 60.7 Å². The Labute approximate surface area is 106 Å². The Morgan fingerprint density at radius 2 is 1.39 bits per heavy atom. The third-order valence-corrected chi connectivity index (χ3v) is 2.87. The van der Waals surface area contributed by atoms with E-state index in [-0.39, 0.29) is 0 Å². The predicted octanol–water partition coefficient (Wildman–Crippen LogP) is 3.50. The zero-order valence-corrected chi connectivity index (χ0v) is 9.91. The molecule has 0 saturated carbocycles. The summed E-state index contributed by atoms with van der Waals surface area (Å²) in [6, 6.07) is 20.1. The molecular formula is C16H13NO. The first-order chi connectivity index (χ1) is 8.93. The van der Waals surface area contributed by atoms with E-state index in [0.29, 0.717) is 6.61 Å². The third kappa shape index (κ3) is 2.18. The lowest BCUT2D eigenvalue weighted by Gasteiger charge is -2.15. The van der Waals surface area contributed by atoms with Crippen LogP contribution in [0.15, 0.2) is 71.9 Å². The maximum atomic E-state index is 5.76. The van der Waals surface area contributed by atoms with Crippen LogP contribution in [-0.4, -0.2) is 12.3 Å². The smallest absolute Gasteiger partial charge is 0.145 e. The highest BCUT2D eigenvalue weighted by molar-refractivity contribution is 6.03. The van der Waals surface area contributed by atoms with Gasteiger partial charge < -0.3 is 4.74 Å². The molecule has 0 spiro atoms. The van der Waals surface area contributed by atoms with E-state index >= 15 is 0 Å². The molecule has 0 aliphatic carbocycles. The molecule has 1 heterocycles. The highest BCUT2D eigenvalue weighted by Crippen LogP contribution is 2.19. The molecule has 0 saturated heterocycles. The second-order valence-corrected chi connectivity index (χ2v) is 4.09. The van der Waals surface area contributed by atoms with Crippen LogP contribution in [0.5, 0.6) is 0 Å². The molecule has 0 N–H and O–H groups in total. The van der Waals surface area contributed by atoms with Crippen LogP contribution in [0.3, 0.4) is 0 Å². The van der Waals surface area contributed by atoms with Crippen LogP contribution in [0.25, 0.3) is 5.76 Å².